The summed E-state index contributed by atoms with van der Waals surface area (Å²) in [5.74, 6) is 1.56. The standard InChI is InChI=1S/C15H19BrN4/c1-4-20(5-2)15-18-13(11-9-7-6-8-10-11)12(16)14(17-3)19-15/h6-10H,4-5H2,1-3H3,(H,17,18,19). The van der Waals surface area contributed by atoms with Crippen molar-refractivity contribution in [2.45, 2.75) is 13.8 Å². The number of anilines is 2. The molecule has 0 aliphatic heterocycles. The topological polar surface area (TPSA) is 41.1 Å². The Morgan fingerprint density at radius 1 is 1.10 bits per heavy atom. The highest BCUT2D eigenvalue weighted by atomic mass is 79.9. The fourth-order valence-corrected chi connectivity index (χ4v) is 2.64. The van der Waals surface area contributed by atoms with E-state index in [1.54, 1.807) is 0 Å². The number of hydrogen-bond acceptors (Lipinski definition) is 4. The van der Waals surface area contributed by atoms with E-state index in [9.17, 15) is 0 Å². The maximum atomic E-state index is 4.72. The molecule has 5 heteroatoms. The number of halogens is 1. The summed E-state index contributed by atoms with van der Waals surface area (Å²) >= 11 is 3.60. The predicted molar refractivity (Wildman–Crippen MR) is 88.3 cm³/mol. The van der Waals surface area contributed by atoms with Gasteiger partial charge in [-0.05, 0) is 29.8 Å². The van der Waals surface area contributed by atoms with E-state index in [1.807, 2.05) is 25.2 Å². The molecule has 1 heterocycles. The van der Waals surface area contributed by atoms with Gasteiger partial charge in [-0.1, -0.05) is 30.3 Å². The first-order valence-electron chi connectivity index (χ1n) is 6.76. The van der Waals surface area contributed by atoms with Gasteiger partial charge >= 0.3 is 0 Å². The SMILES string of the molecule is CCN(CC)c1nc(NC)c(Br)c(-c2ccccc2)n1. The lowest BCUT2D eigenvalue weighted by molar-refractivity contribution is 0.822. The Morgan fingerprint density at radius 2 is 1.75 bits per heavy atom. The molecule has 0 saturated heterocycles. The van der Waals surface area contributed by atoms with Gasteiger partial charge in [0.15, 0.2) is 0 Å². The number of rotatable bonds is 5. The Kier molecular flexibility index (Phi) is 4.95. The number of benzene rings is 1. The van der Waals surface area contributed by atoms with Crippen LogP contribution in [0.3, 0.4) is 0 Å². The first kappa shape index (κ1) is 14.8. The Hall–Kier alpha value is -1.62. The van der Waals surface area contributed by atoms with E-state index in [0.717, 1.165) is 40.6 Å². The molecule has 0 radical (unpaired) electrons. The van der Waals surface area contributed by atoms with Gasteiger partial charge in [0.1, 0.15) is 5.82 Å². The first-order chi connectivity index (χ1) is 9.71. The molecule has 0 aliphatic carbocycles. The van der Waals surface area contributed by atoms with Crippen molar-refractivity contribution in [3.8, 4) is 11.3 Å². The minimum atomic E-state index is 0.751. The quantitative estimate of drug-likeness (QED) is 0.902. The molecule has 0 unspecified atom stereocenters. The van der Waals surface area contributed by atoms with Crippen LogP contribution in [0.5, 0.6) is 0 Å². The van der Waals surface area contributed by atoms with Crippen LogP contribution < -0.4 is 10.2 Å². The van der Waals surface area contributed by atoms with Gasteiger partial charge in [0.25, 0.3) is 0 Å². The molecule has 0 spiro atoms. The summed E-state index contributed by atoms with van der Waals surface area (Å²) in [5, 5.41) is 3.12. The highest BCUT2D eigenvalue weighted by Gasteiger charge is 2.15. The van der Waals surface area contributed by atoms with E-state index < -0.39 is 0 Å². The maximum absolute atomic E-state index is 4.72. The molecule has 106 valence electrons. The number of nitrogens with one attached hydrogen (secondary N) is 1. The molecule has 4 nitrogen and oxygen atoms in total. The molecular formula is C15H19BrN4. The molecule has 0 aliphatic rings. The van der Waals surface area contributed by atoms with Crippen molar-refractivity contribution in [1.82, 2.24) is 9.97 Å². The summed E-state index contributed by atoms with van der Waals surface area (Å²) in [7, 11) is 1.87. The summed E-state index contributed by atoms with van der Waals surface area (Å²) in [6.07, 6.45) is 0. The molecule has 2 rings (SSSR count). The van der Waals surface area contributed by atoms with Gasteiger partial charge in [0, 0.05) is 25.7 Å². The van der Waals surface area contributed by atoms with E-state index in [-0.39, 0.29) is 0 Å². The average Bonchev–Trinajstić information content (AvgIpc) is 2.50. The first-order valence-corrected chi connectivity index (χ1v) is 7.56. The van der Waals surface area contributed by atoms with Crippen LogP contribution >= 0.6 is 15.9 Å². The molecule has 0 atom stereocenters. The van der Waals surface area contributed by atoms with Crippen LogP contribution in [0.1, 0.15) is 13.8 Å². The second kappa shape index (κ2) is 6.70. The minimum Gasteiger partial charge on any atom is -0.372 e. The van der Waals surface area contributed by atoms with E-state index in [1.165, 1.54) is 0 Å². The van der Waals surface area contributed by atoms with E-state index in [0.29, 0.717) is 0 Å². The van der Waals surface area contributed by atoms with Crippen molar-refractivity contribution >= 4 is 27.7 Å². The van der Waals surface area contributed by atoms with Gasteiger partial charge in [-0.3, -0.25) is 0 Å². The third kappa shape index (κ3) is 2.93. The molecular weight excluding hydrogens is 316 g/mol. The van der Waals surface area contributed by atoms with Gasteiger partial charge in [-0.25, -0.2) is 4.98 Å². The zero-order valence-corrected chi connectivity index (χ0v) is 13.6. The molecule has 0 bridgehead atoms. The maximum Gasteiger partial charge on any atom is 0.227 e. The fourth-order valence-electron chi connectivity index (χ4n) is 2.04. The zero-order valence-electron chi connectivity index (χ0n) is 12.0. The predicted octanol–water partition coefficient (Wildman–Crippen LogP) is 3.79. The van der Waals surface area contributed by atoms with Crippen LogP contribution in [0.15, 0.2) is 34.8 Å². The lowest BCUT2D eigenvalue weighted by Crippen LogP contribution is -2.24. The third-order valence-corrected chi connectivity index (χ3v) is 3.92. The van der Waals surface area contributed by atoms with Gasteiger partial charge < -0.3 is 10.2 Å². The van der Waals surface area contributed by atoms with Crippen molar-refractivity contribution in [3.05, 3.63) is 34.8 Å². The normalized spacial score (nSPS) is 10.4. The largest absolute Gasteiger partial charge is 0.372 e. The summed E-state index contributed by atoms with van der Waals surface area (Å²) in [4.78, 5) is 11.4. The number of hydrogen-bond donors (Lipinski definition) is 1. The number of aromatic nitrogens is 2. The molecule has 0 saturated carbocycles. The van der Waals surface area contributed by atoms with Crippen molar-refractivity contribution in [2.75, 3.05) is 30.4 Å². The van der Waals surface area contributed by atoms with Crippen LogP contribution in [0.4, 0.5) is 11.8 Å². The Bertz CT molecular complexity index is 568. The molecule has 0 amide bonds. The third-order valence-electron chi connectivity index (χ3n) is 3.17. The van der Waals surface area contributed by atoms with E-state index in [2.05, 4.69) is 57.1 Å². The lowest BCUT2D eigenvalue weighted by atomic mass is 10.1. The van der Waals surface area contributed by atoms with Crippen molar-refractivity contribution in [2.24, 2.45) is 0 Å². The van der Waals surface area contributed by atoms with Gasteiger partial charge in [-0.2, -0.15) is 4.98 Å². The fraction of sp³-hybridized carbons (Fsp3) is 0.333. The highest BCUT2D eigenvalue weighted by molar-refractivity contribution is 9.10. The summed E-state index contributed by atoms with van der Waals surface area (Å²) < 4.78 is 0.891. The Morgan fingerprint density at radius 3 is 2.30 bits per heavy atom. The second-order valence-corrected chi connectivity index (χ2v) is 5.12. The minimum absolute atomic E-state index is 0.751. The van der Waals surface area contributed by atoms with Crippen molar-refractivity contribution < 1.29 is 0 Å². The van der Waals surface area contributed by atoms with Gasteiger partial charge in [-0.15, -0.1) is 0 Å². The van der Waals surface area contributed by atoms with Crippen LogP contribution in [0.2, 0.25) is 0 Å². The monoisotopic (exact) mass is 334 g/mol. The van der Waals surface area contributed by atoms with E-state index in [4.69, 9.17) is 4.98 Å². The molecule has 1 aromatic heterocycles. The highest BCUT2D eigenvalue weighted by Crippen LogP contribution is 2.33. The van der Waals surface area contributed by atoms with Crippen LogP contribution in [0.25, 0.3) is 11.3 Å². The number of nitrogens with zero attached hydrogens (tertiary/aromatic N) is 3. The Labute approximate surface area is 128 Å². The molecule has 2 aromatic rings. The van der Waals surface area contributed by atoms with Crippen LogP contribution in [-0.4, -0.2) is 30.1 Å². The van der Waals surface area contributed by atoms with E-state index >= 15 is 0 Å². The molecule has 1 N–H and O–H groups in total. The zero-order chi connectivity index (χ0) is 14.5. The lowest BCUT2D eigenvalue weighted by Gasteiger charge is -2.21. The smallest absolute Gasteiger partial charge is 0.227 e. The van der Waals surface area contributed by atoms with Crippen molar-refractivity contribution in [3.63, 3.8) is 0 Å². The molecule has 1 aromatic carbocycles. The molecule has 20 heavy (non-hydrogen) atoms. The molecule has 0 fully saturated rings. The summed E-state index contributed by atoms with van der Waals surface area (Å²) in [6, 6.07) is 10.1. The second-order valence-electron chi connectivity index (χ2n) is 4.32. The van der Waals surface area contributed by atoms with Crippen LogP contribution in [0, 0.1) is 0 Å². The summed E-state index contributed by atoms with van der Waals surface area (Å²) in [6.45, 7) is 5.98. The van der Waals surface area contributed by atoms with Crippen molar-refractivity contribution in [1.29, 1.82) is 0 Å². The Balaban J connectivity index is 2.58. The van der Waals surface area contributed by atoms with Gasteiger partial charge in [0.2, 0.25) is 5.95 Å². The van der Waals surface area contributed by atoms with Crippen LogP contribution in [-0.2, 0) is 0 Å². The average molecular weight is 335 g/mol. The summed E-state index contributed by atoms with van der Waals surface area (Å²) in [5.41, 5.74) is 1.98. The van der Waals surface area contributed by atoms with Gasteiger partial charge in [0.05, 0.1) is 10.2 Å².